The van der Waals surface area contributed by atoms with Crippen molar-refractivity contribution in [2.75, 3.05) is 25.5 Å². The molecule has 0 fully saturated rings. The average Bonchev–Trinajstić information content (AvgIpc) is 3.37. The van der Waals surface area contributed by atoms with Crippen LogP contribution in [0.2, 0.25) is 0 Å². The van der Waals surface area contributed by atoms with Crippen molar-refractivity contribution in [1.82, 2.24) is 30.0 Å². The van der Waals surface area contributed by atoms with E-state index in [0.29, 0.717) is 29.9 Å². The van der Waals surface area contributed by atoms with Crippen LogP contribution in [0.5, 0.6) is 0 Å². The van der Waals surface area contributed by atoms with Crippen LogP contribution in [0.15, 0.2) is 49.2 Å². The quantitative estimate of drug-likeness (QED) is 0.346. The Morgan fingerprint density at radius 2 is 2.00 bits per heavy atom. The number of hydrogen-bond acceptors (Lipinski definition) is 7. The molecule has 4 aromatic rings. The lowest BCUT2D eigenvalue weighted by molar-refractivity contribution is 0.0160. The topological polar surface area (TPSA) is 107 Å². The van der Waals surface area contributed by atoms with Crippen molar-refractivity contribution in [3.63, 3.8) is 0 Å². The number of nitrogens with one attached hydrogen (secondary N) is 2. The SMILES string of the molecule is CCOC(C)n1cc(-c2cc(NC[C@@H](C)c3cccc4c(C(=O)NC)c(F)cnc34)ncn2)cn1.S. The molecule has 2 N–H and O–H groups in total. The van der Waals surface area contributed by atoms with Gasteiger partial charge >= 0.3 is 0 Å². The summed E-state index contributed by atoms with van der Waals surface area (Å²) in [5, 5.41) is 10.7. The number of amides is 1. The number of fused-ring (bicyclic) bond motifs is 1. The predicted octanol–water partition coefficient (Wildman–Crippen LogP) is 4.27. The van der Waals surface area contributed by atoms with Crippen LogP contribution in [0.1, 0.15) is 48.8 Å². The van der Waals surface area contributed by atoms with Crippen LogP contribution in [-0.4, -0.2) is 50.8 Å². The summed E-state index contributed by atoms with van der Waals surface area (Å²) >= 11 is 0. The number of hydrogen-bond donors (Lipinski definition) is 2. The highest BCUT2D eigenvalue weighted by molar-refractivity contribution is 7.59. The molecule has 0 aliphatic heterocycles. The second-order valence-corrected chi connectivity index (χ2v) is 8.14. The van der Waals surface area contributed by atoms with Crippen molar-refractivity contribution in [3.8, 4) is 11.3 Å². The number of carbonyl (C=O) groups is 1. The first-order valence-corrected chi connectivity index (χ1v) is 11.4. The lowest BCUT2D eigenvalue weighted by Crippen LogP contribution is -2.20. The van der Waals surface area contributed by atoms with Crippen molar-refractivity contribution in [3.05, 3.63) is 66.1 Å². The number of rotatable bonds is 9. The molecule has 3 aromatic heterocycles. The number of para-hydroxylation sites is 1. The van der Waals surface area contributed by atoms with Gasteiger partial charge in [-0.15, -0.1) is 0 Å². The summed E-state index contributed by atoms with van der Waals surface area (Å²) in [5.41, 5.74) is 3.10. The largest absolute Gasteiger partial charge is 0.369 e. The van der Waals surface area contributed by atoms with Gasteiger partial charge in [-0.2, -0.15) is 18.6 Å². The number of aromatic nitrogens is 5. The molecule has 0 bridgehead atoms. The van der Waals surface area contributed by atoms with Crippen LogP contribution >= 0.6 is 13.5 Å². The fourth-order valence-corrected chi connectivity index (χ4v) is 3.94. The van der Waals surface area contributed by atoms with Gasteiger partial charge in [0.05, 0.1) is 29.2 Å². The number of nitrogens with zero attached hydrogens (tertiary/aromatic N) is 5. The van der Waals surface area contributed by atoms with E-state index in [1.165, 1.54) is 13.4 Å². The van der Waals surface area contributed by atoms with E-state index in [2.05, 4.69) is 30.7 Å². The van der Waals surface area contributed by atoms with Crippen molar-refractivity contribution >= 4 is 36.1 Å². The van der Waals surface area contributed by atoms with Gasteiger partial charge in [-0.25, -0.2) is 19.0 Å². The van der Waals surface area contributed by atoms with Crippen molar-refractivity contribution < 1.29 is 13.9 Å². The third-order valence-corrected chi connectivity index (χ3v) is 5.80. The number of carbonyl (C=O) groups excluding carboxylic acids is 1. The van der Waals surface area contributed by atoms with Crippen LogP contribution in [-0.2, 0) is 4.74 Å². The summed E-state index contributed by atoms with van der Waals surface area (Å²) in [5.74, 6) is -0.460. The van der Waals surface area contributed by atoms with Gasteiger partial charge < -0.3 is 15.4 Å². The standard InChI is InChI=1S/C25H28FN7O2.H2S/c1-5-35-16(3)33-13-17(11-32-33)21-9-22(31-14-30-21)28-10-15(2)18-7-6-8-19-23(25(34)27-4)20(26)12-29-24(18)19;/h6-9,11-16H,5,10H2,1-4H3,(H,27,34)(H,28,30,31);1H2/t15-,16?;/m1./s1. The van der Waals surface area contributed by atoms with Gasteiger partial charge in [0, 0.05) is 49.3 Å². The molecule has 11 heteroatoms. The van der Waals surface area contributed by atoms with Crippen molar-refractivity contribution in [2.24, 2.45) is 0 Å². The molecule has 0 spiro atoms. The van der Waals surface area contributed by atoms with Crippen molar-refractivity contribution in [2.45, 2.75) is 32.9 Å². The number of halogens is 1. The minimum atomic E-state index is -0.646. The normalized spacial score (nSPS) is 12.6. The average molecular weight is 512 g/mol. The van der Waals surface area contributed by atoms with Gasteiger partial charge in [0.2, 0.25) is 0 Å². The third-order valence-electron chi connectivity index (χ3n) is 5.80. The molecule has 1 amide bonds. The fraction of sp³-hybridized carbons (Fsp3) is 0.320. The van der Waals surface area contributed by atoms with Crippen LogP contribution < -0.4 is 10.6 Å². The molecule has 0 radical (unpaired) electrons. The molecule has 190 valence electrons. The second-order valence-electron chi connectivity index (χ2n) is 8.14. The Hall–Kier alpha value is -3.57. The maximum absolute atomic E-state index is 14.4. The zero-order valence-corrected chi connectivity index (χ0v) is 21.6. The first-order valence-electron chi connectivity index (χ1n) is 11.4. The molecule has 9 nitrogen and oxygen atoms in total. The van der Waals surface area contributed by atoms with E-state index in [4.69, 9.17) is 4.74 Å². The monoisotopic (exact) mass is 511 g/mol. The molecular formula is C25H30FN7O2S. The summed E-state index contributed by atoms with van der Waals surface area (Å²) in [6, 6.07) is 7.32. The Bertz CT molecular complexity index is 1350. The van der Waals surface area contributed by atoms with E-state index in [1.807, 2.05) is 45.2 Å². The molecule has 0 saturated heterocycles. The molecule has 4 rings (SSSR count). The Balaban J connectivity index is 0.00000361. The number of benzene rings is 1. The van der Waals surface area contributed by atoms with Crippen LogP contribution in [0.4, 0.5) is 10.2 Å². The zero-order valence-electron chi connectivity index (χ0n) is 20.6. The highest BCUT2D eigenvalue weighted by atomic mass is 32.1. The van der Waals surface area contributed by atoms with Crippen LogP contribution in [0, 0.1) is 5.82 Å². The highest BCUT2D eigenvalue weighted by Gasteiger charge is 2.19. The Kier molecular flexibility index (Phi) is 8.94. The maximum atomic E-state index is 14.4. The number of anilines is 1. The smallest absolute Gasteiger partial charge is 0.254 e. The van der Waals surface area contributed by atoms with E-state index < -0.39 is 11.7 Å². The molecule has 0 aliphatic rings. The second kappa shape index (κ2) is 11.9. The van der Waals surface area contributed by atoms with Crippen LogP contribution in [0.3, 0.4) is 0 Å². The molecule has 0 aliphatic carbocycles. The molecule has 1 unspecified atom stereocenters. The molecule has 36 heavy (non-hydrogen) atoms. The molecule has 0 saturated carbocycles. The molecule has 3 heterocycles. The summed E-state index contributed by atoms with van der Waals surface area (Å²) in [4.78, 5) is 25.2. The van der Waals surface area contributed by atoms with E-state index in [0.717, 1.165) is 23.0 Å². The third kappa shape index (κ3) is 5.63. The first kappa shape index (κ1) is 27.0. The predicted molar refractivity (Wildman–Crippen MR) is 142 cm³/mol. The van der Waals surface area contributed by atoms with E-state index >= 15 is 0 Å². The minimum absolute atomic E-state index is 0. The fourth-order valence-electron chi connectivity index (χ4n) is 3.94. The van der Waals surface area contributed by atoms with Gasteiger partial charge in [-0.05, 0) is 19.4 Å². The molecule has 2 atom stereocenters. The Labute approximate surface area is 216 Å². The van der Waals surface area contributed by atoms with Crippen LogP contribution in [0.25, 0.3) is 22.2 Å². The van der Waals surface area contributed by atoms with Crippen molar-refractivity contribution in [1.29, 1.82) is 0 Å². The summed E-state index contributed by atoms with van der Waals surface area (Å²) in [6.07, 6.45) is 6.07. The van der Waals surface area contributed by atoms with E-state index in [-0.39, 0.29) is 31.2 Å². The summed E-state index contributed by atoms with van der Waals surface area (Å²) in [6.45, 7) is 7.06. The molecular weight excluding hydrogens is 481 g/mol. The maximum Gasteiger partial charge on any atom is 0.254 e. The summed E-state index contributed by atoms with van der Waals surface area (Å²) < 4.78 is 21.7. The van der Waals surface area contributed by atoms with Gasteiger partial charge in [0.25, 0.3) is 5.91 Å². The van der Waals surface area contributed by atoms with Gasteiger partial charge in [0.15, 0.2) is 5.82 Å². The van der Waals surface area contributed by atoms with E-state index in [1.54, 1.807) is 16.9 Å². The number of ether oxygens (including phenoxy) is 1. The highest BCUT2D eigenvalue weighted by Crippen LogP contribution is 2.28. The van der Waals surface area contributed by atoms with Gasteiger partial charge in [-0.1, -0.05) is 25.1 Å². The zero-order chi connectivity index (χ0) is 24.9. The molecule has 1 aromatic carbocycles. The Morgan fingerprint density at radius 1 is 1.19 bits per heavy atom. The number of pyridine rings is 1. The van der Waals surface area contributed by atoms with E-state index in [9.17, 15) is 9.18 Å². The van der Waals surface area contributed by atoms with Gasteiger partial charge in [-0.3, -0.25) is 9.78 Å². The minimum Gasteiger partial charge on any atom is -0.369 e. The summed E-state index contributed by atoms with van der Waals surface area (Å²) in [7, 11) is 1.48. The first-order chi connectivity index (χ1) is 16.9. The Morgan fingerprint density at radius 3 is 2.75 bits per heavy atom. The lowest BCUT2D eigenvalue weighted by atomic mass is 9.96. The lowest BCUT2D eigenvalue weighted by Gasteiger charge is -2.16. The van der Waals surface area contributed by atoms with Gasteiger partial charge in [0.1, 0.15) is 18.4 Å².